The molecule has 0 amide bonds. The zero-order valence-corrected chi connectivity index (χ0v) is 7.31. The van der Waals surface area contributed by atoms with Gasteiger partial charge in [-0.1, -0.05) is 24.3 Å². The second-order valence-electron chi connectivity index (χ2n) is 3.05. The molecule has 0 unspecified atom stereocenters. The summed E-state index contributed by atoms with van der Waals surface area (Å²) in [6.07, 6.45) is 0. The summed E-state index contributed by atoms with van der Waals surface area (Å²) in [4.78, 5) is 0. The molecule has 0 N–H and O–H groups in total. The summed E-state index contributed by atoms with van der Waals surface area (Å²) in [5.41, 5.74) is 2.50. The van der Waals surface area contributed by atoms with Gasteiger partial charge in [-0.3, -0.25) is 0 Å². The van der Waals surface area contributed by atoms with E-state index in [0.717, 1.165) is 5.39 Å². The van der Waals surface area contributed by atoms with E-state index in [2.05, 4.69) is 44.2 Å². The van der Waals surface area contributed by atoms with Crippen molar-refractivity contribution in [3.05, 3.63) is 47.5 Å². The van der Waals surface area contributed by atoms with E-state index >= 15 is 0 Å². The van der Waals surface area contributed by atoms with Crippen LogP contribution in [0.2, 0.25) is 0 Å². The lowest BCUT2D eigenvalue weighted by Gasteiger charge is -2.03. The first-order valence-electron chi connectivity index (χ1n) is 4.08. The molecule has 0 aliphatic rings. The topological polar surface area (TPSA) is 0 Å². The van der Waals surface area contributed by atoms with E-state index in [1.54, 1.807) is 0 Å². The maximum Gasteiger partial charge on any atom is -0.00110 e. The molecule has 0 bridgehead atoms. The normalized spacial score (nSPS) is 10.5. The second kappa shape index (κ2) is 2.63. The number of hydrogen-bond acceptors (Lipinski definition) is 0. The molecule has 2 rings (SSSR count). The molecule has 0 aliphatic carbocycles. The number of hydrogen-bond donors (Lipinski definition) is 0. The minimum absolute atomic E-state index is 1.15. The van der Waals surface area contributed by atoms with Crippen molar-refractivity contribution in [1.29, 1.82) is 0 Å². The second-order valence-corrected chi connectivity index (χ2v) is 3.05. The molecule has 0 saturated heterocycles. The van der Waals surface area contributed by atoms with Crippen LogP contribution in [0.5, 0.6) is 0 Å². The molecule has 2 aromatic carbocycles. The third-order valence-corrected chi connectivity index (χ3v) is 2.28. The first-order chi connectivity index (χ1) is 5.79. The van der Waals surface area contributed by atoms with Gasteiger partial charge in [-0.05, 0) is 47.9 Å². The summed E-state index contributed by atoms with van der Waals surface area (Å²) in [5, 5.41) is 2.44. The Morgan fingerprint density at radius 2 is 1.75 bits per heavy atom. The highest BCUT2D eigenvalue weighted by Crippen LogP contribution is 2.19. The standard InChI is InChI=1S/C12H10/c1-9-7-8-11-5-3-4-6-12(11)10(9)2/h3-6H,1-2H3. The molecule has 2 radical (unpaired) electrons. The van der Waals surface area contributed by atoms with E-state index in [1.165, 1.54) is 16.5 Å². The third-order valence-electron chi connectivity index (χ3n) is 2.28. The van der Waals surface area contributed by atoms with E-state index in [1.807, 2.05) is 6.07 Å². The van der Waals surface area contributed by atoms with Crippen LogP contribution in [0, 0.1) is 26.0 Å². The van der Waals surface area contributed by atoms with Gasteiger partial charge in [0.05, 0.1) is 0 Å². The molecular weight excluding hydrogens is 144 g/mol. The smallest absolute Gasteiger partial charge is 0.00110 e. The lowest BCUT2D eigenvalue weighted by molar-refractivity contribution is 1.37. The van der Waals surface area contributed by atoms with E-state index < -0.39 is 0 Å². The van der Waals surface area contributed by atoms with Crippen molar-refractivity contribution >= 4 is 10.8 Å². The van der Waals surface area contributed by atoms with E-state index in [-0.39, 0.29) is 0 Å². The highest BCUT2D eigenvalue weighted by atomic mass is 14.0. The van der Waals surface area contributed by atoms with Crippen molar-refractivity contribution in [3.63, 3.8) is 0 Å². The molecular formula is C12H10. The van der Waals surface area contributed by atoms with Gasteiger partial charge >= 0.3 is 0 Å². The SMILES string of the molecule is Cc1[c][c]c2ccccc2c1C. The molecule has 0 fully saturated rings. The summed E-state index contributed by atoms with van der Waals surface area (Å²) < 4.78 is 0. The number of rotatable bonds is 0. The lowest BCUT2D eigenvalue weighted by Crippen LogP contribution is -1.83. The number of fused-ring (bicyclic) bond motifs is 1. The van der Waals surface area contributed by atoms with Crippen LogP contribution in [0.15, 0.2) is 24.3 Å². The zero-order valence-electron chi connectivity index (χ0n) is 7.31. The largest absolute Gasteiger partial charge is 0.0616 e. The average Bonchev–Trinajstić information content (AvgIpc) is 2.12. The molecule has 0 aliphatic heterocycles. The molecule has 2 aromatic rings. The molecule has 0 heteroatoms. The summed E-state index contributed by atoms with van der Waals surface area (Å²) in [7, 11) is 0. The monoisotopic (exact) mass is 154 g/mol. The van der Waals surface area contributed by atoms with Gasteiger partial charge in [0.2, 0.25) is 0 Å². The Hall–Kier alpha value is -1.30. The molecule has 12 heavy (non-hydrogen) atoms. The van der Waals surface area contributed by atoms with Crippen molar-refractivity contribution in [2.75, 3.05) is 0 Å². The predicted molar refractivity (Wildman–Crippen MR) is 51.1 cm³/mol. The Kier molecular flexibility index (Phi) is 1.61. The molecule has 0 nitrogen and oxygen atoms in total. The van der Waals surface area contributed by atoms with Crippen LogP contribution in [0.3, 0.4) is 0 Å². The maximum atomic E-state index is 3.13. The Labute approximate surface area is 72.8 Å². The molecule has 0 heterocycles. The van der Waals surface area contributed by atoms with Crippen LogP contribution >= 0.6 is 0 Å². The van der Waals surface area contributed by atoms with Gasteiger partial charge in [0.15, 0.2) is 0 Å². The molecule has 0 atom stereocenters. The Morgan fingerprint density at radius 1 is 1.00 bits per heavy atom. The number of benzene rings is 2. The van der Waals surface area contributed by atoms with Crippen molar-refractivity contribution in [2.45, 2.75) is 13.8 Å². The fourth-order valence-corrected chi connectivity index (χ4v) is 1.38. The average molecular weight is 154 g/mol. The summed E-state index contributed by atoms with van der Waals surface area (Å²) >= 11 is 0. The summed E-state index contributed by atoms with van der Waals surface area (Å²) in [6.45, 7) is 4.19. The van der Waals surface area contributed by atoms with Crippen LogP contribution in [0.1, 0.15) is 11.1 Å². The van der Waals surface area contributed by atoms with E-state index in [9.17, 15) is 0 Å². The van der Waals surface area contributed by atoms with E-state index in [4.69, 9.17) is 0 Å². The molecule has 58 valence electrons. The van der Waals surface area contributed by atoms with Gasteiger partial charge in [0, 0.05) is 0 Å². The van der Waals surface area contributed by atoms with Crippen LogP contribution in [0.4, 0.5) is 0 Å². The van der Waals surface area contributed by atoms with Crippen molar-refractivity contribution in [1.82, 2.24) is 0 Å². The first-order valence-corrected chi connectivity index (χ1v) is 4.08. The van der Waals surface area contributed by atoms with Gasteiger partial charge in [-0.15, -0.1) is 0 Å². The van der Waals surface area contributed by atoms with Gasteiger partial charge in [0.1, 0.15) is 0 Å². The molecule has 0 spiro atoms. The van der Waals surface area contributed by atoms with Gasteiger partial charge < -0.3 is 0 Å². The maximum absolute atomic E-state index is 3.13. The third kappa shape index (κ3) is 1.00. The zero-order chi connectivity index (χ0) is 8.55. The Bertz CT molecular complexity index is 413. The Morgan fingerprint density at radius 3 is 2.58 bits per heavy atom. The van der Waals surface area contributed by atoms with Crippen LogP contribution < -0.4 is 0 Å². The van der Waals surface area contributed by atoms with Crippen LogP contribution in [-0.4, -0.2) is 0 Å². The fraction of sp³-hybridized carbons (Fsp3) is 0.167. The van der Waals surface area contributed by atoms with Gasteiger partial charge in [-0.2, -0.15) is 0 Å². The van der Waals surface area contributed by atoms with Crippen molar-refractivity contribution in [3.8, 4) is 0 Å². The van der Waals surface area contributed by atoms with E-state index in [0.29, 0.717) is 0 Å². The highest BCUT2D eigenvalue weighted by Gasteiger charge is 1.98. The van der Waals surface area contributed by atoms with Gasteiger partial charge in [0.25, 0.3) is 0 Å². The lowest BCUT2D eigenvalue weighted by atomic mass is 10.0. The minimum Gasteiger partial charge on any atom is -0.0616 e. The van der Waals surface area contributed by atoms with Gasteiger partial charge in [-0.25, -0.2) is 0 Å². The van der Waals surface area contributed by atoms with Crippen LogP contribution in [0.25, 0.3) is 10.8 Å². The van der Waals surface area contributed by atoms with Crippen molar-refractivity contribution < 1.29 is 0 Å². The molecule has 0 aromatic heterocycles. The molecule has 0 saturated carbocycles. The van der Waals surface area contributed by atoms with Crippen LogP contribution in [-0.2, 0) is 0 Å². The quantitative estimate of drug-likeness (QED) is 0.547. The van der Waals surface area contributed by atoms with Crippen molar-refractivity contribution in [2.24, 2.45) is 0 Å². The minimum atomic E-state index is 1.15. The predicted octanol–water partition coefficient (Wildman–Crippen LogP) is 3.06. The summed E-state index contributed by atoms with van der Waals surface area (Å²) in [6, 6.07) is 14.5. The summed E-state index contributed by atoms with van der Waals surface area (Å²) in [5.74, 6) is 0. The first kappa shape index (κ1) is 7.35. The fourth-order valence-electron chi connectivity index (χ4n) is 1.38. The highest BCUT2D eigenvalue weighted by molar-refractivity contribution is 5.85. The number of aryl methyl sites for hydroxylation is 2. The Balaban J connectivity index is 2.91.